The van der Waals surface area contributed by atoms with Crippen LogP contribution in [0.2, 0.25) is 5.02 Å². The van der Waals surface area contributed by atoms with E-state index in [1.807, 2.05) is 5.38 Å². The SMILES string of the molecule is COc1cc(C(=O)N[C@@H](CC(=O)O)c2cccs2)cc(Cl)c1OC. The van der Waals surface area contributed by atoms with Crippen LogP contribution in [0.4, 0.5) is 0 Å². The highest BCUT2D eigenvalue weighted by molar-refractivity contribution is 7.10. The predicted octanol–water partition coefficient (Wildman–Crippen LogP) is 3.36. The molecule has 0 bridgehead atoms. The molecule has 128 valence electrons. The topological polar surface area (TPSA) is 84.9 Å². The number of ether oxygens (including phenoxy) is 2. The van der Waals surface area contributed by atoms with Gasteiger partial charge in [-0.05, 0) is 23.6 Å². The van der Waals surface area contributed by atoms with E-state index in [-0.39, 0.29) is 17.0 Å². The van der Waals surface area contributed by atoms with Crippen molar-refractivity contribution in [1.82, 2.24) is 5.32 Å². The third-order valence-corrected chi connectivity index (χ3v) is 4.53. The molecule has 0 spiro atoms. The van der Waals surface area contributed by atoms with Crippen LogP contribution in [-0.2, 0) is 4.79 Å². The Hall–Kier alpha value is -2.25. The number of benzene rings is 1. The molecule has 1 aromatic carbocycles. The van der Waals surface area contributed by atoms with Crippen LogP contribution in [0.15, 0.2) is 29.6 Å². The van der Waals surface area contributed by atoms with Crippen molar-refractivity contribution in [3.8, 4) is 11.5 Å². The summed E-state index contributed by atoms with van der Waals surface area (Å²) in [6.45, 7) is 0. The number of carboxylic acids is 1. The minimum Gasteiger partial charge on any atom is -0.493 e. The van der Waals surface area contributed by atoms with E-state index in [1.54, 1.807) is 12.1 Å². The van der Waals surface area contributed by atoms with Crippen molar-refractivity contribution in [2.24, 2.45) is 0 Å². The first-order valence-electron chi connectivity index (χ1n) is 6.93. The summed E-state index contributed by atoms with van der Waals surface area (Å²) >= 11 is 7.48. The molecule has 0 aliphatic rings. The number of thiophene rings is 1. The number of aliphatic carboxylic acids is 1. The van der Waals surface area contributed by atoms with Crippen molar-refractivity contribution in [3.63, 3.8) is 0 Å². The molecule has 2 N–H and O–H groups in total. The van der Waals surface area contributed by atoms with Gasteiger partial charge in [0.25, 0.3) is 5.91 Å². The number of amides is 1. The molecule has 1 aromatic heterocycles. The Balaban J connectivity index is 2.27. The molecule has 0 radical (unpaired) electrons. The van der Waals surface area contributed by atoms with E-state index in [9.17, 15) is 9.59 Å². The third-order valence-electron chi connectivity index (χ3n) is 3.27. The summed E-state index contributed by atoms with van der Waals surface area (Å²) in [5, 5.41) is 13.8. The van der Waals surface area contributed by atoms with E-state index in [1.165, 1.54) is 37.7 Å². The number of carbonyl (C=O) groups excluding carboxylic acids is 1. The second-order valence-corrected chi connectivity index (χ2v) is 6.22. The van der Waals surface area contributed by atoms with Gasteiger partial charge in [-0.25, -0.2) is 0 Å². The monoisotopic (exact) mass is 369 g/mol. The van der Waals surface area contributed by atoms with Crippen LogP contribution in [0.1, 0.15) is 27.7 Å². The fourth-order valence-corrected chi connectivity index (χ4v) is 3.24. The number of halogens is 1. The Bertz CT molecular complexity index is 732. The number of carbonyl (C=O) groups is 2. The zero-order chi connectivity index (χ0) is 17.7. The van der Waals surface area contributed by atoms with Gasteiger partial charge in [0.15, 0.2) is 11.5 Å². The van der Waals surface area contributed by atoms with Gasteiger partial charge in [-0.3, -0.25) is 9.59 Å². The van der Waals surface area contributed by atoms with Crippen molar-refractivity contribution < 1.29 is 24.2 Å². The molecule has 0 fully saturated rings. The first-order chi connectivity index (χ1) is 11.5. The smallest absolute Gasteiger partial charge is 0.305 e. The van der Waals surface area contributed by atoms with Gasteiger partial charge in [0.2, 0.25) is 0 Å². The average Bonchev–Trinajstić information content (AvgIpc) is 3.07. The second-order valence-electron chi connectivity index (χ2n) is 4.83. The highest BCUT2D eigenvalue weighted by atomic mass is 35.5. The predicted molar refractivity (Wildman–Crippen MR) is 91.3 cm³/mol. The zero-order valence-corrected chi connectivity index (χ0v) is 14.6. The second kappa shape index (κ2) is 8.03. The molecule has 2 rings (SSSR count). The van der Waals surface area contributed by atoms with Crippen LogP contribution in [0.25, 0.3) is 0 Å². The molecule has 24 heavy (non-hydrogen) atoms. The Morgan fingerprint density at radius 3 is 2.62 bits per heavy atom. The first kappa shape index (κ1) is 18.1. The normalized spacial score (nSPS) is 11.6. The minimum absolute atomic E-state index is 0.215. The van der Waals surface area contributed by atoms with Gasteiger partial charge in [-0.15, -0.1) is 11.3 Å². The van der Waals surface area contributed by atoms with E-state index < -0.39 is 17.9 Å². The van der Waals surface area contributed by atoms with Crippen molar-refractivity contribution in [3.05, 3.63) is 45.1 Å². The van der Waals surface area contributed by atoms with Gasteiger partial charge in [0, 0.05) is 10.4 Å². The minimum atomic E-state index is -1.00. The number of rotatable bonds is 7. The van der Waals surface area contributed by atoms with E-state index in [2.05, 4.69) is 5.32 Å². The molecular weight excluding hydrogens is 354 g/mol. The highest BCUT2D eigenvalue weighted by Crippen LogP contribution is 2.36. The third kappa shape index (κ3) is 4.18. The molecule has 0 unspecified atom stereocenters. The summed E-state index contributed by atoms with van der Waals surface area (Å²) in [6.07, 6.45) is -0.215. The molecule has 0 aliphatic carbocycles. The molecular formula is C16H16ClNO5S. The molecule has 1 heterocycles. The number of hydrogen-bond acceptors (Lipinski definition) is 5. The lowest BCUT2D eigenvalue weighted by molar-refractivity contribution is -0.137. The standard InChI is InChI=1S/C16H16ClNO5S/c1-22-12-7-9(6-10(17)15(12)23-2)16(21)18-11(8-14(19)20)13-4-3-5-24-13/h3-7,11H,8H2,1-2H3,(H,18,21)(H,19,20)/t11-/m0/s1. The van der Waals surface area contributed by atoms with Gasteiger partial charge in [0.1, 0.15) is 0 Å². The fourth-order valence-electron chi connectivity index (χ4n) is 2.18. The van der Waals surface area contributed by atoms with Crippen LogP contribution in [0.3, 0.4) is 0 Å². The van der Waals surface area contributed by atoms with Gasteiger partial charge < -0.3 is 19.9 Å². The van der Waals surface area contributed by atoms with Crippen molar-refractivity contribution >= 4 is 34.8 Å². The highest BCUT2D eigenvalue weighted by Gasteiger charge is 2.21. The van der Waals surface area contributed by atoms with E-state index in [4.69, 9.17) is 26.2 Å². The molecule has 2 aromatic rings. The number of carboxylic acid groups (broad SMARTS) is 1. The summed E-state index contributed by atoms with van der Waals surface area (Å²) in [6, 6.07) is 5.90. The molecule has 0 saturated heterocycles. The molecule has 8 heteroatoms. The van der Waals surface area contributed by atoms with E-state index in [0.29, 0.717) is 11.5 Å². The number of hydrogen-bond donors (Lipinski definition) is 2. The van der Waals surface area contributed by atoms with Crippen LogP contribution in [0, 0.1) is 0 Å². The maximum atomic E-state index is 12.5. The molecule has 0 saturated carbocycles. The Kier molecular flexibility index (Phi) is 6.05. The largest absolute Gasteiger partial charge is 0.493 e. The Morgan fingerprint density at radius 2 is 2.08 bits per heavy atom. The van der Waals surface area contributed by atoms with Gasteiger partial charge >= 0.3 is 5.97 Å². The van der Waals surface area contributed by atoms with Crippen molar-refractivity contribution in [2.45, 2.75) is 12.5 Å². The lowest BCUT2D eigenvalue weighted by Crippen LogP contribution is -2.29. The Morgan fingerprint density at radius 1 is 1.33 bits per heavy atom. The molecule has 1 atom stereocenters. The van der Waals surface area contributed by atoms with E-state index >= 15 is 0 Å². The summed E-state index contributed by atoms with van der Waals surface area (Å²) in [5.74, 6) is -0.798. The molecule has 1 amide bonds. The van der Waals surface area contributed by atoms with Crippen molar-refractivity contribution in [2.75, 3.05) is 14.2 Å². The summed E-state index contributed by atoms with van der Waals surface area (Å²) in [4.78, 5) is 24.3. The lowest BCUT2D eigenvalue weighted by Gasteiger charge is -2.17. The average molecular weight is 370 g/mol. The van der Waals surface area contributed by atoms with Gasteiger partial charge in [0.05, 0.1) is 31.7 Å². The van der Waals surface area contributed by atoms with Crippen molar-refractivity contribution in [1.29, 1.82) is 0 Å². The molecule has 6 nitrogen and oxygen atoms in total. The maximum Gasteiger partial charge on any atom is 0.305 e. The van der Waals surface area contributed by atoms with Crippen LogP contribution in [0.5, 0.6) is 11.5 Å². The van der Waals surface area contributed by atoms with Gasteiger partial charge in [-0.2, -0.15) is 0 Å². The molecule has 0 aliphatic heterocycles. The van der Waals surface area contributed by atoms with Crippen LogP contribution >= 0.6 is 22.9 Å². The van der Waals surface area contributed by atoms with Gasteiger partial charge in [-0.1, -0.05) is 17.7 Å². The lowest BCUT2D eigenvalue weighted by atomic mass is 10.1. The van der Waals surface area contributed by atoms with Crippen LogP contribution < -0.4 is 14.8 Å². The zero-order valence-electron chi connectivity index (χ0n) is 13.0. The summed E-state index contributed by atoms with van der Waals surface area (Å²) < 4.78 is 10.3. The first-order valence-corrected chi connectivity index (χ1v) is 8.19. The maximum absolute atomic E-state index is 12.5. The quantitative estimate of drug-likeness (QED) is 0.781. The fraction of sp³-hybridized carbons (Fsp3) is 0.250. The summed E-state index contributed by atoms with van der Waals surface area (Å²) in [5.41, 5.74) is 0.254. The number of nitrogens with one attached hydrogen (secondary N) is 1. The number of methoxy groups -OCH3 is 2. The summed E-state index contributed by atoms with van der Waals surface area (Å²) in [7, 11) is 2.89. The van der Waals surface area contributed by atoms with Crippen LogP contribution in [-0.4, -0.2) is 31.2 Å². The van der Waals surface area contributed by atoms with E-state index in [0.717, 1.165) is 4.88 Å². The Labute approximate surface area is 148 Å².